The highest BCUT2D eigenvalue weighted by Crippen LogP contribution is 2.38. The first-order chi connectivity index (χ1) is 12.0. The van der Waals surface area contributed by atoms with Crippen molar-refractivity contribution in [2.45, 2.75) is 39.0 Å². The van der Waals surface area contributed by atoms with Crippen molar-refractivity contribution in [2.24, 2.45) is 0 Å². The van der Waals surface area contributed by atoms with Crippen LogP contribution in [0.1, 0.15) is 39.0 Å². The first-order valence-electron chi connectivity index (χ1n) is 8.26. The number of ether oxygens (including phenoxy) is 2. The smallest absolute Gasteiger partial charge is 0.311 e. The van der Waals surface area contributed by atoms with Gasteiger partial charge in [0.1, 0.15) is 0 Å². The van der Waals surface area contributed by atoms with E-state index in [2.05, 4.69) is 0 Å². The van der Waals surface area contributed by atoms with Crippen molar-refractivity contribution >= 4 is 45.9 Å². The summed E-state index contributed by atoms with van der Waals surface area (Å²) in [5.41, 5.74) is 0. The summed E-state index contributed by atoms with van der Waals surface area (Å²) in [6, 6.07) is 8.84. The van der Waals surface area contributed by atoms with Gasteiger partial charge in [0.25, 0.3) is 0 Å². The second-order valence-electron chi connectivity index (χ2n) is 5.62. The minimum atomic E-state index is -0.448. The Kier molecular flexibility index (Phi) is 7.53. The maximum absolute atomic E-state index is 12.1. The molecule has 0 spiro atoms. The minimum Gasteiger partial charge on any atom is -0.466 e. The molecule has 134 valence electrons. The number of rotatable bonds is 8. The van der Waals surface area contributed by atoms with Crippen molar-refractivity contribution < 1.29 is 19.1 Å². The molecule has 6 heteroatoms. The van der Waals surface area contributed by atoms with Gasteiger partial charge in [-0.05, 0) is 18.9 Å². The molecule has 0 bridgehead atoms. The van der Waals surface area contributed by atoms with Crippen LogP contribution in [0.15, 0.2) is 30.3 Å². The Labute approximate surface area is 157 Å². The molecule has 2 aromatic carbocycles. The number of esters is 2. The van der Waals surface area contributed by atoms with Crippen molar-refractivity contribution in [2.75, 3.05) is 6.61 Å². The van der Waals surface area contributed by atoms with E-state index < -0.39 is 5.97 Å². The molecular weight excluding hydrogens is 363 g/mol. The van der Waals surface area contributed by atoms with E-state index in [1.165, 1.54) is 0 Å². The molecular formula is C19H20Cl2O4. The van der Waals surface area contributed by atoms with Crippen LogP contribution in [0.4, 0.5) is 0 Å². The second kappa shape index (κ2) is 9.64. The summed E-state index contributed by atoms with van der Waals surface area (Å²) >= 11 is 12.3. The number of unbranched alkanes of at least 4 members (excludes halogenated alkanes) is 1. The van der Waals surface area contributed by atoms with Gasteiger partial charge in [0.05, 0.1) is 16.7 Å². The Hall–Kier alpha value is -1.78. The van der Waals surface area contributed by atoms with E-state index in [0.29, 0.717) is 23.4 Å². The fourth-order valence-electron chi connectivity index (χ4n) is 2.32. The van der Waals surface area contributed by atoms with E-state index in [0.717, 1.165) is 18.2 Å². The van der Waals surface area contributed by atoms with Crippen molar-refractivity contribution in [1.29, 1.82) is 0 Å². The topological polar surface area (TPSA) is 52.6 Å². The lowest BCUT2D eigenvalue weighted by Gasteiger charge is -2.11. The fraction of sp³-hybridized carbons (Fsp3) is 0.368. The number of hydrogen-bond donors (Lipinski definition) is 0. The van der Waals surface area contributed by atoms with Crippen LogP contribution in [0.3, 0.4) is 0 Å². The van der Waals surface area contributed by atoms with Crippen molar-refractivity contribution in [1.82, 2.24) is 0 Å². The van der Waals surface area contributed by atoms with Gasteiger partial charge in [0, 0.05) is 23.6 Å². The van der Waals surface area contributed by atoms with Gasteiger partial charge in [0.15, 0.2) is 5.75 Å². The van der Waals surface area contributed by atoms with Crippen molar-refractivity contribution in [3.63, 3.8) is 0 Å². The summed E-state index contributed by atoms with van der Waals surface area (Å²) in [7, 11) is 0. The Morgan fingerprint density at radius 1 is 0.960 bits per heavy atom. The van der Waals surface area contributed by atoms with Gasteiger partial charge in [-0.1, -0.05) is 60.8 Å². The van der Waals surface area contributed by atoms with E-state index >= 15 is 0 Å². The number of carbonyl (C=O) groups is 2. The number of halogens is 2. The number of benzene rings is 2. The monoisotopic (exact) mass is 382 g/mol. The molecule has 0 aliphatic carbocycles. The van der Waals surface area contributed by atoms with Crippen LogP contribution in [0, 0.1) is 0 Å². The molecule has 4 nitrogen and oxygen atoms in total. The molecule has 0 fully saturated rings. The summed E-state index contributed by atoms with van der Waals surface area (Å²) in [6.45, 7) is 2.45. The van der Waals surface area contributed by atoms with Gasteiger partial charge in [-0.15, -0.1) is 0 Å². The molecule has 0 radical (unpaired) electrons. The fourth-order valence-corrected chi connectivity index (χ4v) is 2.90. The van der Waals surface area contributed by atoms with Crippen LogP contribution < -0.4 is 4.74 Å². The van der Waals surface area contributed by atoms with E-state index in [9.17, 15) is 9.59 Å². The Morgan fingerprint density at radius 3 is 2.36 bits per heavy atom. The van der Waals surface area contributed by atoms with E-state index in [1.807, 2.05) is 25.1 Å². The Bertz CT molecular complexity index is 758. The molecule has 2 rings (SSSR count). The largest absolute Gasteiger partial charge is 0.466 e. The van der Waals surface area contributed by atoms with Crippen LogP contribution in [0.5, 0.6) is 5.75 Å². The van der Waals surface area contributed by atoms with Gasteiger partial charge in [0.2, 0.25) is 0 Å². The maximum Gasteiger partial charge on any atom is 0.311 e. The van der Waals surface area contributed by atoms with Crippen LogP contribution in [-0.4, -0.2) is 18.5 Å². The molecule has 0 saturated carbocycles. The Morgan fingerprint density at radius 2 is 1.64 bits per heavy atom. The second-order valence-corrected chi connectivity index (χ2v) is 6.43. The maximum atomic E-state index is 12.1. The van der Waals surface area contributed by atoms with Crippen molar-refractivity contribution in [3.8, 4) is 5.75 Å². The molecule has 0 saturated heterocycles. The molecule has 0 unspecified atom stereocenters. The average Bonchev–Trinajstić information content (AvgIpc) is 2.59. The molecule has 0 heterocycles. The predicted octanol–water partition coefficient (Wildman–Crippen LogP) is 5.57. The summed E-state index contributed by atoms with van der Waals surface area (Å²) in [6.07, 6.45) is 2.47. The first-order valence-corrected chi connectivity index (χ1v) is 9.01. The zero-order chi connectivity index (χ0) is 18.2. The summed E-state index contributed by atoms with van der Waals surface area (Å²) in [5, 5.41) is 2.20. The van der Waals surface area contributed by atoms with Gasteiger partial charge >= 0.3 is 11.9 Å². The lowest BCUT2D eigenvalue weighted by molar-refractivity contribution is -0.144. The lowest BCUT2D eigenvalue weighted by atomic mass is 10.1. The molecule has 0 aliphatic rings. The normalized spacial score (nSPS) is 10.7. The molecule has 0 atom stereocenters. The molecule has 0 aliphatic heterocycles. The summed E-state index contributed by atoms with van der Waals surface area (Å²) in [5.74, 6) is -0.454. The number of hydrogen-bond acceptors (Lipinski definition) is 4. The number of carbonyl (C=O) groups excluding carboxylic acids is 2. The predicted molar refractivity (Wildman–Crippen MR) is 99.3 cm³/mol. The minimum absolute atomic E-state index is 0.107. The third-order valence-corrected chi connectivity index (χ3v) is 4.23. The van der Waals surface area contributed by atoms with Crippen molar-refractivity contribution in [3.05, 3.63) is 40.4 Å². The zero-order valence-electron chi connectivity index (χ0n) is 14.0. The zero-order valence-corrected chi connectivity index (χ0v) is 15.5. The standard InChI is InChI=1S/C19H20Cl2O4/c1-2-3-11-24-17(22)9-6-10-18(23)25-19-14-8-5-4-7-13(14)15(20)12-16(19)21/h4-5,7-8,12H,2-3,6,9-11H2,1H3. The molecule has 0 aromatic heterocycles. The molecule has 2 aromatic rings. The lowest BCUT2D eigenvalue weighted by Crippen LogP contribution is -2.11. The highest BCUT2D eigenvalue weighted by atomic mass is 35.5. The first kappa shape index (κ1) is 19.5. The third-order valence-electron chi connectivity index (χ3n) is 3.64. The summed E-state index contributed by atoms with van der Waals surface area (Å²) < 4.78 is 10.5. The van der Waals surface area contributed by atoms with Crippen LogP contribution in [-0.2, 0) is 14.3 Å². The number of fused-ring (bicyclic) bond motifs is 1. The van der Waals surface area contributed by atoms with Crippen LogP contribution in [0.25, 0.3) is 10.8 Å². The molecule has 0 amide bonds. The Balaban J connectivity index is 1.93. The van der Waals surface area contributed by atoms with Gasteiger partial charge in [-0.2, -0.15) is 0 Å². The quantitative estimate of drug-likeness (QED) is 0.340. The van der Waals surface area contributed by atoms with E-state index in [4.69, 9.17) is 32.7 Å². The third kappa shape index (κ3) is 5.62. The van der Waals surface area contributed by atoms with Gasteiger partial charge in [-0.25, -0.2) is 0 Å². The SMILES string of the molecule is CCCCOC(=O)CCCC(=O)Oc1c(Cl)cc(Cl)c2ccccc12. The van der Waals surface area contributed by atoms with Gasteiger partial charge < -0.3 is 9.47 Å². The van der Waals surface area contributed by atoms with E-state index in [1.54, 1.807) is 12.1 Å². The highest BCUT2D eigenvalue weighted by Gasteiger charge is 2.15. The highest BCUT2D eigenvalue weighted by molar-refractivity contribution is 6.40. The molecule has 0 N–H and O–H groups in total. The summed E-state index contributed by atoms with van der Waals surface area (Å²) in [4.78, 5) is 23.6. The van der Waals surface area contributed by atoms with E-state index in [-0.39, 0.29) is 29.6 Å². The molecule has 25 heavy (non-hydrogen) atoms. The van der Waals surface area contributed by atoms with Crippen LogP contribution in [0.2, 0.25) is 10.0 Å². The van der Waals surface area contributed by atoms with Gasteiger partial charge in [-0.3, -0.25) is 9.59 Å². The average molecular weight is 383 g/mol. The van der Waals surface area contributed by atoms with Crippen LogP contribution >= 0.6 is 23.2 Å².